The predicted molar refractivity (Wildman–Crippen MR) is 270 cm³/mol. The molecule has 10 aromatic rings. The van der Waals surface area contributed by atoms with Crippen molar-refractivity contribution >= 4 is 61.2 Å². The van der Waals surface area contributed by atoms with Gasteiger partial charge in [0.1, 0.15) is 45.1 Å². The van der Waals surface area contributed by atoms with Crippen LogP contribution in [-0.4, -0.2) is 56.5 Å². The quantitative estimate of drug-likeness (QED) is 0.0609. The van der Waals surface area contributed by atoms with Gasteiger partial charge in [0.25, 0.3) is 0 Å². The van der Waals surface area contributed by atoms with Crippen molar-refractivity contribution in [3.05, 3.63) is 181 Å². The van der Waals surface area contributed by atoms with Crippen molar-refractivity contribution in [2.45, 2.75) is 34.6 Å². The highest BCUT2D eigenvalue weighted by Crippen LogP contribution is 2.36. The van der Waals surface area contributed by atoms with E-state index < -0.39 is 11.6 Å². The van der Waals surface area contributed by atoms with Crippen molar-refractivity contribution in [1.29, 1.82) is 0 Å². The van der Waals surface area contributed by atoms with Crippen LogP contribution in [0.15, 0.2) is 152 Å². The predicted octanol–water partition coefficient (Wildman–Crippen LogP) is 14.1. The summed E-state index contributed by atoms with van der Waals surface area (Å²) in [6.45, 7) is 17.2. The van der Waals surface area contributed by atoms with E-state index in [0.29, 0.717) is 78.4 Å². The Labute approximate surface area is 393 Å². The zero-order valence-electron chi connectivity index (χ0n) is 38.3. The molecule has 0 aliphatic heterocycles. The van der Waals surface area contributed by atoms with Crippen LogP contribution in [0.2, 0.25) is 0 Å². The van der Waals surface area contributed by atoms with Crippen LogP contribution in [-0.2, 0) is 0 Å². The van der Waals surface area contributed by atoms with Crippen molar-refractivity contribution in [2.75, 3.05) is 0 Å². The number of halogens is 4. The number of nitrogens with zero attached hydrogens (tertiary/aromatic N) is 7. The Morgan fingerprint density at radius 2 is 1.20 bits per heavy atom. The van der Waals surface area contributed by atoms with E-state index in [2.05, 4.69) is 58.5 Å². The van der Waals surface area contributed by atoms with E-state index in [4.69, 9.17) is 9.97 Å². The van der Waals surface area contributed by atoms with Crippen LogP contribution in [0, 0.1) is 23.3 Å². The monoisotopic (exact) mass is 923 g/mol. The summed E-state index contributed by atoms with van der Waals surface area (Å²) in [5.41, 5.74) is 10.6. The van der Waals surface area contributed by atoms with E-state index in [1.54, 1.807) is 74.2 Å². The minimum atomic E-state index is -0.476. The van der Waals surface area contributed by atoms with Gasteiger partial charge < -0.3 is 9.97 Å². The molecule has 69 heavy (non-hydrogen) atoms. The number of aromatic nitrogens is 10. The highest BCUT2D eigenvalue weighted by molar-refractivity contribution is 5.99. The number of rotatable bonds is 10. The second-order valence-electron chi connectivity index (χ2n) is 15.2. The van der Waals surface area contributed by atoms with Gasteiger partial charge in [0.15, 0.2) is 23.3 Å². The Morgan fingerprint density at radius 1 is 0.638 bits per heavy atom. The highest BCUT2D eigenvalue weighted by Gasteiger charge is 2.21. The molecule has 0 spiro atoms. The van der Waals surface area contributed by atoms with Gasteiger partial charge in [0.05, 0.1) is 22.4 Å². The second-order valence-corrected chi connectivity index (χ2v) is 15.2. The maximum Gasteiger partial charge on any atom is 0.157 e. The SMILES string of the molecule is C=C/C(=C\N=CC)c1cc(F)c2n[nH]c(-c3nc4c(-c5cccc(F)c5)nccc4[nH]3)c2c1.C=C/C=C(C)\C(=C/C)c1cc(F)c2n[nH]c(-c3nc4c(-c5ccc(F)cc5)nccc4[nH]3)c2c1.CC. The summed E-state index contributed by atoms with van der Waals surface area (Å²) in [5.74, 6) is -0.611. The van der Waals surface area contributed by atoms with Crippen LogP contribution >= 0.6 is 0 Å². The Bertz CT molecular complexity index is 3660. The molecule has 15 heteroatoms. The van der Waals surface area contributed by atoms with E-state index in [9.17, 15) is 13.2 Å². The normalized spacial score (nSPS) is 12.2. The number of allylic oxidation sites excluding steroid dienone is 7. The van der Waals surface area contributed by atoms with Crippen molar-refractivity contribution in [3.63, 3.8) is 0 Å². The van der Waals surface area contributed by atoms with E-state index >= 15 is 4.39 Å². The van der Waals surface area contributed by atoms with Gasteiger partial charge in [-0.2, -0.15) is 10.2 Å². The van der Waals surface area contributed by atoms with Gasteiger partial charge in [-0.15, -0.1) is 0 Å². The lowest BCUT2D eigenvalue weighted by Gasteiger charge is -2.09. The van der Waals surface area contributed by atoms with Crippen LogP contribution in [0.25, 0.3) is 101 Å². The summed E-state index contributed by atoms with van der Waals surface area (Å²) in [6.07, 6.45) is 13.7. The first kappa shape index (κ1) is 46.7. The fraction of sp³-hybridized carbons (Fsp3) is 0.0926. The maximum absolute atomic E-state index is 15.0. The molecule has 0 aliphatic carbocycles. The number of benzene rings is 4. The third kappa shape index (κ3) is 9.30. The molecule has 0 aliphatic rings. The minimum absolute atomic E-state index is 0.195. The van der Waals surface area contributed by atoms with Gasteiger partial charge in [-0.05, 0) is 121 Å². The topological polar surface area (TPSA) is 153 Å². The van der Waals surface area contributed by atoms with Crippen LogP contribution in [0.5, 0.6) is 0 Å². The molecule has 0 amide bonds. The number of H-pyrrole nitrogens is 4. The lowest BCUT2D eigenvalue weighted by atomic mass is 9.96. The number of hydrogen-bond acceptors (Lipinski definition) is 7. The Balaban J connectivity index is 0.000000180. The molecule has 0 bridgehead atoms. The first-order valence-corrected chi connectivity index (χ1v) is 21.9. The number of hydrogen-bond donors (Lipinski definition) is 4. The number of aromatic amines is 4. The average Bonchev–Trinajstić information content (AvgIpc) is 4.18. The molecule has 6 heterocycles. The van der Waals surface area contributed by atoms with Gasteiger partial charge in [0, 0.05) is 46.7 Å². The number of imidazole rings is 2. The van der Waals surface area contributed by atoms with Crippen molar-refractivity contribution in [2.24, 2.45) is 4.99 Å². The Hall–Kier alpha value is -8.85. The molecule has 0 radical (unpaired) electrons. The van der Waals surface area contributed by atoms with Crippen molar-refractivity contribution in [1.82, 2.24) is 50.3 Å². The molecule has 6 aromatic heterocycles. The second kappa shape index (κ2) is 20.3. The average molecular weight is 924 g/mol. The molecule has 10 rings (SSSR count). The summed E-state index contributed by atoms with van der Waals surface area (Å²) >= 11 is 0. The first-order chi connectivity index (χ1) is 33.6. The summed E-state index contributed by atoms with van der Waals surface area (Å²) in [7, 11) is 0. The van der Waals surface area contributed by atoms with Crippen molar-refractivity contribution in [3.8, 4) is 45.6 Å². The zero-order chi connectivity index (χ0) is 48.8. The van der Waals surface area contributed by atoms with E-state index in [1.165, 1.54) is 36.4 Å². The van der Waals surface area contributed by atoms with E-state index in [-0.39, 0.29) is 22.7 Å². The van der Waals surface area contributed by atoms with Crippen LogP contribution < -0.4 is 0 Å². The first-order valence-electron chi connectivity index (χ1n) is 21.9. The number of nitrogens with one attached hydrogen (secondary N) is 4. The molecule has 0 fully saturated rings. The molecule has 4 N–H and O–H groups in total. The Kier molecular flexibility index (Phi) is 13.8. The van der Waals surface area contributed by atoms with Gasteiger partial charge >= 0.3 is 0 Å². The fourth-order valence-corrected chi connectivity index (χ4v) is 7.90. The summed E-state index contributed by atoms with van der Waals surface area (Å²) in [6, 6.07) is 22.5. The lowest BCUT2D eigenvalue weighted by molar-refractivity contribution is 0.627. The number of aliphatic imine (C=N–C) groups is 1. The van der Waals surface area contributed by atoms with Gasteiger partial charge in [-0.3, -0.25) is 25.2 Å². The number of pyridine rings is 2. The van der Waals surface area contributed by atoms with Gasteiger partial charge in [0.2, 0.25) is 0 Å². The lowest BCUT2D eigenvalue weighted by Crippen LogP contribution is -1.90. The van der Waals surface area contributed by atoms with E-state index in [0.717, 1.165) is 27.8 Å². The minimum Gasteiger partial charge on any atom is -0.337 e. The largest absolute Gasteiger partial charge is 0.337 e. The smallest absolute Gasteiger partial charge is 0.157 e. The van der Waals surface area contributed by atoms with Gasteiger partial charge in [-0.1, -0.05) is 63.4 Å². The third-order valence-electron chi connectivity index (χ3n) is 11.0. The fourth-order valence-electron chi connectivity index (χ4n) is 7.90. The van der Waals surface area contributed by atoms with Crippen LogP contribution in [0.4, 0.5) is 17.6 Å². The number of fused-ring (bicyclic) bond motifs is 4. The van der Waals surface area contributed by atoms with Crippen LogP contribution in [0.1, 0.15) is 45.7 Å². The molecule has 0 atom stereocenters. The van der Waals surface area contributed by atoms with Gasteiger partial charge in [-0.25, -0.2) is 27.5 Å². The van der Waals surface area contributed by atoms with Crippen molar-refractivity contribution < 1.29 is 17.6 Å². The molecule has 0 unspecified atom stereocenters. The maximum atomic E-state index is 15.0. The molecular weight excluding hydrogens is 879 g/mol. The zero-order valence-corrected chi connectivity index (χ0v) is 38.3. The Morgan fingerprint density at radius 3 is 1.74 bits per heavy atom. The molecule has 0 saturated carbocycles. The van der Waals surface area contributed by atoms with E-state index in [1.807, 2.05) is 58.0 Å². The molecule has 4 aromatic carbocycles. The van der Waals surface area contributed by atoms with Crippen LogP contribution in [0.3, 0.4) is 0 Å². The standard InChI is InChI=1S/C27H21F2N5.C25H18F2N6.C2H6/c1-4-6-15(3)19(5-2)17-13-20-24(21(29)14-17)33-34-25(20)27-31-22-11-12-30-23(26(22)32-27)16-7-9-18(28)10-8-16;1-3-14(13-28-4-2)16-11-18-22(19(27)12-16)32-33-23(18)25-30-20-8-9-29-21(24(20)31-25)15-6-5-7-17(26)10-15;1-2/h4-14H,1H2,2-3H3,(H,31,32)(H,33,34);3-13H,1H2,2H3,(H,30,31)(H,32,33);1-2H3/b15-6-,19-5+;14-13+,28-4?;. The summed E-state index contributed by atoms with van der Waals surface area (Å²) in [5, 5.41) is 15.3. The third-order valence-corrected chi connectivity index (χ3v) is 11.0. The molecule has 11 nitrogen and oxygen atoms in total. The summed E-state index contributed by atoms with van der Waals surface area (Å²) in [4.78, 5) is 28.9. The summed E-state index contributed by atoms with van der Waals surface area (Å²) < 4.78 is 57.1. The highest BCUT2D eigenvalue weighted by atomic mass is 19.1. The molecule has 0 saturated heterocycles. The molecular formula is C54H45F4N11. The molecule has 344 valence electrons.